The molecule has 0 unspecified atom stereocenters. The Kier molecular flexibility index (Phi) is 4.40. The van der Waals surface area contributed by atoms with E-state index in [1.54, 1.807) is 4.68 Å². The van der Waals surface area contributed by atoms with Crippen molar-refractivity contribution in [2.75, 3.05) is 0 Å². The van der Waals surface area contributed by atoms with Gasteiger partial charge in [-0.3, -0.25) is 0 Å². The minimum atomic E-state index is -0.305. The monoisotopic (exact) mass is 335 g/mol. The van der Waals surface area contributed by atoms with Gasteiger partial charge >= 0.3 is 6.01 Å². The zero-order chi connectivity index (χ0) is 13.1. The Labute approximate surface area is 118 Å². The number of aromatic nitrogens is 3. The highest BCUT2D eigenvalue weighted by Crippen LogP contribution is 2.28. The van der Waals surface area contributed by atoms with Crippen LogP contribution >= 0.6 is 27.5 Å². The fourth-order valence-corrected chi connectivity index (χ4v) is 2.14. The molecular weight excluding hydrogens is 324 g/mol. The van der Waals surface area contributed by atoms with Gasteiger partial charge in [0.1, 0.15) is 11.6 Å². The van der Waals surface area contributed by atoms with Crippen LogP contribution in [0.5, 0.6) is 6.01 Å². The predicted octanol–water partition coefficient (Wildman–Crippen LogP) is 3.93. The van der Waals surface area contributed by atoms with Crippen LogP contribution in [0.1, 0.15) is 26.2 Å². The van der Waals surface area contributed by atoms with Crippen molar-refractivity contribution in [2.45, 2.75) is 32.7 Å². The highest BCUT2D eigenvalue weighted by Gasteiger charge is 2.16. The van der Waals surface area contributed by atoms with E-state index in [1.165, 1.54) is 6.08 Å². The van der Waals surface area contributed by atoms with E-state index >= 15 is 0 Å². The molecule has 98 valence electrons. The molecule has 1 aromatic rings. The first-order valence-corrected chi connectivity index (χ1v) is 6.80. The summed E-state index contributed by atoms with van der Waals surface area (Å²) in [6.45, 7) is 2.74. The van der Waals surface area contributed by atoms with E-state index in [0.717, 1.165) is 6.42 Å². The van der Waals surface area contributed by atoms with Gasteiger partial charge in [0.25, 0.3) is 0 Å². The van der Waals surface area contributed by atoms with Crippen LogP contribution in [0.2, 0.25) is 0 Å². The van der Waals surface area contributed by atoms with Crippen LogP contribution in [0, 0.1) is 0 Å². The highest BCUT2D eigenvalue weighted by atomic mass is 79.9. The first-order valence-electron chi connectivity index (χ1n) is 5.63. The van der Waals surface area contributed by atoms with E-state index in [-0.39, 0.29) is 17.3 Å². The lowest BCUT2D eigenvalue weighted by molar-refractivity contribution is 0.335. The van der Waals surface area contributed by atoms with E-state index in [1.807, 2.05) is 6.92 Å². The second-order valence-electron chi connectivity index (χ2n) is 3.85. The number of allylic oxidation sites excluding steroid dienone is 4. The molecule has 1 aliphatic rings. The number of nitrogens with zero attached hydrogens (tertiary/aromatic N) is 3. The average molecular weight is 337 g/mol. The van der Waals surface area contributed by atoms with Gasteiger partial charge in [-0.1, -0.05) is 18.5 Å². The zero-order valence-electron chi connectivity index (χ0n) is 9.79. The second kappa shape index (κ2) is 5.84. The number of aryl methyl sites for hydroxylation is 1. The summed E-state index contributed by atoms with van der Waals surface area (Å²) < 4.78 is 20.8. The van der Waals surface area contributed by atoms with E-state index in [9.17, 15) is 4.39 Å². The Hall–Kier alpha value is -0.880. The molecule has 0 aliphatic heterocycles. The average Bonchev–Trinajstić information content (AvgIpc) is 2.65. The molecule has 0 atom stereocenters. The minimum absolute atomic E-state index is 0.0943. The van der Waals surface area contributed by atoms with Crippen molar-refractivity contribution in [3.63, 3.8) is 0 Å². The van der Waals surface area contributed by atoms with Crippen molar-refractivity contribution in [3.8, 4) is 6.01 Å². The molecule has 1 heterocycles. The van der Waals surface area contributed by atoms with Gasteiger partial charge in [0.2, 0.25) is 4.73 Å². The first kappa shape index (κ1) is 13.5. The van der Waals surface area contributed by atoms with Crippen molar-refractivity contribution in [3.05, 3.63) is 27.4 Å². The lowest BCUT2D eigenvalue weighted by atomic mass is 10.1. The maximum absolute atomic E-state index is 13.1. The van der Waals surface area contributed by atoms with Gasteiger partial charge in [-0.2, -0.15) is 4.98 Å². The third-order valence-corrected chi connectivity index (χ3v) is 3.06. The topological polar surface area (TPSA) is 39.9 Å². The van der Waals surface area contributed by atoms with Crippen molar-refractivity contribution in [1.29, 1.82) is 0 Å². The molecule has 0 N–H and O–H groups in total. The molecule has 0 aromatic carbocycles. The zero-order valence-corrected chi connectivity index (χ0v) is 12.1. The van der Waals surface area contributed by atoms with Gasteiger partial charge < -0.3 is 4.74 Å². The quantitative estimate of drug-likeness (QED) is 0.836. The van der Waals surface area contributed by atoms with Crippen molar-refractivity contribution < 1.29 is 9.13 Å². The molecule has 7 heteroatoms. The number of hydrogen-bond acceptors (Lipinski definition) is 3. The fraction of sp³-hybridized carbons (Fsp3) is 0.455. The van der Waals surface area contributed by atoms with Crippen LogP contribution in [0.25, 0.3) is 0 Å². The molecule has 0 amide bonds. The van der Waals surface area contributed by atoms with Gasteiger partial charge in [-0.05, 0) is 28.4 Å². The fourth-order valence-electron chi connectivity index (χ4n) is 1.58. The molecular formula is C11H12BrClFN3O. The van der Waals surface area contributed by atoms with E-state index in [0.29, 0.717) is 29.5 Å². The normalized spacial score (nSPS) is 15.9. The highest BCUT2D eigenvalue weighted by molar-refractivity contribution is 9.10. The summed E-state index contributed by atoms with van der Waals surface area (Å²) in [5, 5.41) is 4.25. The van der Waals surface area contributed by atoms with Crippen LogP contribution in [-0.4, -0.2) is 14.8 Å². The second-order valence-corrected chi connectivity index (χ2v) is 4.97. The van der Waals surface area contributed by atoms with Gasteiger partial charge in [0, 0.05) is 19.4 Å². The minimum Gasteiger partial charge on any atom is -0.429 e. The lowest BCUT2D eigenvalue weighted by Gasteiger charge is -2.13. The van der Waals surface area contributed by atoms with Gasteiger partial charge in [-0.15, -0.1) is 5.10 Å². The van der Waals surface area contributed by atoms with Crippen LogP contribution in [0.4, 0.5) is 4.39 Å². The Balaban J connectivity index is 2.17. The van der Waals surface area contributed by atoms with Gasteiger partial charge in [0.05, 0.1) is 5.03 Å². The molecule has 1 aromatic heterocycles. The standard InChI is InChI=1S/C11H12BrClFN3O/c1-2-5-17-11(15-10(12)16-17)18-7-3-4-9(14)8(13)6-7/h6H,2-5H2,1H3. The Morgan fingerprint density at radius 2 is 2.33 bits per heavy atom. The van der Waals surface area contributed by atoms with E-state index < -0.39 is 0 Å². The molecule has 18 heavy (non-hydrogen) atoms. The number of halogens is 3. The Bertz CT molecular complexity index is 512. The summed E-state index contributed by atoms with van der Waals surface area (Å²) in [4.78, 5) is 4.12. The third kappa shape index (κ3) is 3.11. The van der Waals surface area contributed by atoms with Crippen molar-refractivity contribution in [2.24, 2.45) is 0 Å². The maximum Gasteiger partial charge on any atom is 0.321 e. The summed E-state index contributed by atoms with van der Waals surface area (Å²) in [5.74, 6) is 0.291. The van der Waals surface area contributed by atoms with E-state index in [4.69, 9.17) is 16.3 Å². The Morgan fingerprint density at radius 3 is 3.00 bits per heavy atom. The smallest absolute Gasteiger partial charge is 0.321 e. The van der Waals surface area contributed by atoms with E-state index in [2.05, 4.69) is 26.0 Å². The SMILES string of the molecule is CCCn1nc(Br)nc1OC1=CC(Cl)=C(F)CC1. The first-order chi connectivity index (χ1) is 8.60. The van der Waals surface area contributed by atoms with Crippen LogP contribution in [0.3, 0.4) is 0 Å². The number of rotatable bonds is 4. The molecule has 1 aliphatic carbocycles. The molecule has 0 saturated heterocycles. The number of hydrogen-bond donors (Lipinski definition) is 0. The summed E-state index contributed by atoms with van der Waals surface area (Å²) in [6, 6.07) is 0.391. The summed E-state index contributed by atoms with van der Waals surface area (Å²) in [7, 11) is 0. The number of ether oxygens (including phenoxy) is 1. The molecule has 0 radical (unpaired) electrons. The third-order valence-electron chi connectivity index (χ3n) is 2.41. The summed E-state index contributed by atoms with van der Waals surface area (Å²) >= 11 is 8.93. The van der Waals surface area contributed by atoms with Gasteiger partial charge in [-0.25, -0.2) is 9.07 Å². The van der Waals surface area contributed by atoms with Crippen LogP contribution < -0.4 is 4.74 Å². The van der Waals surface area contributed by atoms with Gasteiger partial charge in [0.15, 0.2) is 0 Å². The Morgan fingerprint density at radius 1 is 1.56 bits per heavy atom. The predicted molar refractivity (Wildman–Crippen MR) is 69.9 cm³/mol. The maximum atomic E-state index is 13.1. The summed E-state index contributed by atoms with van der Waals surface area (Å²) in [6.07, 6.45) is 3.13. The van der Waals surface area contributed by atoms with Crippen LogP contribution in [0.15, 0.2) is 27.4 Å². The largest absolute Gasteiger partial charge is 0.429 e. The van der Waals surface area contributed by atoms with Crippen LogP contribution in [-0.2, 0) is 6.54 Å². The summed E-state index contributed by atoms with van der Waals surface area (Å²) in [5.41, 5.74) is 0. The molecule has 0 fully saturated rings. The lowest BCUT2D eigenvalue weighted by Crippen LogP contribution is -2.07. The van der Waals surface area contributed by atoms with Crippen molar-refractivity contribution in [1.82, 2.24) is 14.8 Å². The van der Waals surface area contributed by atoms with Crippen molar-refractivity contribution >= 4 is 27.5 Å². The molecule has 0 saturated carbocycles. The molecule has 0 spiro atoms. The molecule has 2 rings (SSSR count). The molecule has 0 bridgehead atoms. The molecule has 4 nitrogen and oxygen atoms in total.